The summed E-state index contributed by atoms with van der Waals surface area (Å²) in [5.41, 5.74) is 0. The highest BCUT2D eigenvalue weighted by atomic mass is 16.5. The van der Waals surface area contributed by atoms with E-state index in [9.17, 15) is 0 Å². The zero-order valence-corrected chi connectivity index (χ0v) is 10.8. The van der Waals surface area contributed by atoms with Gasteiger partial charge in [0, 0.05) is 32.1 Å². The summed E-state index contributed by atoms with van der Waals surface area (Å²) >= 11 is 0. The second kappa shape index (κ2) is 6.12. The lowest BCUT2D eigenvalue weighted by molar-refractivity contribution is 0.146. The van der Waals surface area contributed by atoms with Gasteiger partial charge < -0.3 is 9.84 Å². The number of nitrogens with zero attached hydrogens (tertiary/aromatic N) is 3. The highest BCUT2D eigenvalue weighted by Gasteiger charge is 2.20. The topological polar surface area (TPSA) is 54.2 Å². The maximum absolute atomic E-state index is 5.29. The summed E-state index contributed by atoms with van der Waals surface area (Å²) < 4.78 is 5.29. The third kappa shape index (κ3) is 3.51. The van der Waals surface area contributed by atoms with Gasteiger partial charge in [-0.2, -0.15) is 4.98 Å². The fourth-order valence-electron chi connectivity index (χ4n) is 2.08. The Hall–Kier alpha value is -0.940. The molecule has 2 rings (SSSR count). The molecule has 0 amide bonds. The molecule has 1 atom stereocenters. The van der Waals surface area contributed by atoms with Gasteiger partial charge in [-0.1, -0.05) is 18.5 Å². The smallest absolute Gasteiger partial charge is 0.240 e. The third-order valence-corrected chi connectivity index (χ3v) is 3.24. The van der Waals surface area contributed by atoms with Crippen molar-refractivity contribution in [3.8, 4) is 0 Å². The van der Waals surface area contributed by atoms with Crippen molar-refractivity contribution in [3.05, 3.63) is 11.7 Å². The van der Waals surface area contributed by atoms with Crippen LogP contribution in [-0.2, 0) is 13.0 Å². The minimum absolute atomic E-state index is 0.537. The van der Waals surface area contributed by atoms with E-state index in [2.05, 4.69) is 34.2 Å². The highest BCUT2D eigenvalue weighted by molar-refractivity contribution is 4.88. The van der Waals surface area contributed by atoms with Crippen molar-refractivity contribution in [2.75, 3.05) is 19.6 Å². The molecule has 1 aromatic rings. The molecular weight excluding hydrogens is 216 g/mol. The van der Waals surface area contributed by atoms with Crippen molar-refractivity contribution in [1.82, 2.24) is 20.4 Å². The van der Waals surface area contributed by atoms with E-state index in [4.69, 9.17) is 4.52 Å². The van der Waals surface area contributed by atoms with Crippen molar-refractivity contribution >= 4 is 0 Å². The number of hydrogen-bond donors (Lipinski definition) is 1. The summed E-state index contributed by atoms with van der Waals surface area (Å²) in [4.78, 5) is 6.82. The lowest BCUT2D eigenvalue weighted by Crippen LogP contribution is -2.49. The molecule has 1 aliphatic heterocycles. The first-order valence-electron chi connectivity index (χ1n) is 6.56. The molecular formula is C12H22N4O. The zero-order valence-electron chi connectivity index (χ0n) is 10.8. The Balaban J connectivity index is 1.87. The molecule has 1 aromatic heterocycles. The van der Waals surface area contributed by atoms with Crippen molar-refractivity contribution in [2.24, 2.45) is 0 Å². The van der Waals surface area contributed by atoms with Crippen LogP contribution in [0.2, 0.25) is 0 Å². The summed E-state index contributed by atoms with van der Waals surface area (Å²) in [6, 6.07) is 0.537. The third-order valence-electron chi connectivity index (χ3n) is 3.24. The number of aryl methyl sites for hydroxylation is 1. The van der Waals surface area contributed by atoms with Crippen LogP contribution in [-0.4, -0.2) is 40.7 Å². The Morgan fingerprint density at radius 3 is 3.18 bits per heavy atom. The Kier molecular flexibility index (Phi) is 4.50. The summed E-state index contributed by atoms with van der Waals surface area (Å²) in [5.74, 6) is 1.61. The van der Waals surface area contributed by atoms with E-state index in [1.807, 2.05) is 0 Å². The summed E-state index contributed by atoms with van der Waals surface area (Å²) in [7, 11) is 0. The second-order valence-corrected chi connectivity index (χ2v) is 4.73. The lowest BCUT2D eigenvalue weighted by Gasteiger charge is -2.32. The normalized spacial score (nSPS) is 21.9. The molecule has 0 aromatic carbocycles. The molecule has 0 saturated carbocycles. The van der Waals surface area contributed by atoms with Crippen LogP contribution in [0.25, 0.3) is 0 Å². The predicted octanol–water partition coefficient (Wildman–Crippen LogP) is 1.21. The summed E-state index contributed by atoms with van der Waals surface area (Å²) in [6.07, 6.45) is 3.22. The molecule has 0 bridgehead atoms. The van der Waals surface area contributed by atoms with E-state index in [0.717, 1.165) is 50.7 Å². The van der Waals surface area contributed by atoms with Gasteiger partial charge in [0.1, 0.15) is 0 Å². The lowest BCUT2D eigenvalue weighted by atomic mass is 10.2. The zero-order chi connectivity index (χ0) is 12.1. The van der Waals surface area contributed by atoms with Crippen LogP contribution in [0.5, 0.6) is 0 Å². The van der Waals surface area contributed by atoms with Crippen LogP contribution < -0.4 is 5.32 Å². The van der Waals surface area contributed by atoms with Crippen LogP contribution in [0.15, 0.2) is 4.52 Å². The second-order valence-electron chi connectivity index (χ2n) is 4.73. The van der Waals surface area contributed by atoms with Crippen LogP contribution in [0.4, 0.5) is 0 Å². The van der Waals surface area contributed by atoms with Gasteiger partial charge in [-0.15, -0.1) is 0 Å². The van der Waals surface area contributed by atoms with Gasteiger partial charge in [0.15, 0.2) is 5.82 Å². The number of rotatable bonds is 5. The van der Waals surface area contributed by atoms with E-state index in [1.54, 1.807) is 0 Å². The monoisotopic (exact) mass is 238 g/mol. The molecule has 1 N–H and O–H groups in total. The number of piperazine rings is 1. The van der Waals surface area contributed by atoms with E-state index >= 15 is 0 Å². The van der Waals surface area contributed by atoms with Gasteiger partial charge in [0.25, 0.3) is 0 Å². The number of aromatic nitrogens is 2. The Morgan fingerprint density at radius 1 is 1.53 bits per heavy atom. The van der Waals surface area contributed by atoms with Crippen LogP contribution in [0.1, 0.15) is 38.4 Å². The molecule has 0 aliphatic carbocycles. The highest BCUT2D eigenvalue weighted by Crippen LogP contribution is 2.09. The largest absolute Gasteiger partial charge is 0.338 e. The van der Waals surface area contributed by atoms with E-state index in [1.165, 1.54) is 6.42 Å². The molecule has 17 heavy (non-hydrogen) atoms. The van der Waals surface area contributed by atoms with Gasteiger partial charge in [-0.05, 0) is 13.3 Å². The first-order chi connectivity index (χ1) is 8.29. The average Bonchev–Trinajstić information content (AvgIpc) is 2.77. The first-order valence-corrected chi connectivity index (χ1v) is 6.56. The van der Waals surface area contributed by atoms with Gasteiger partial charge in [0.05, 0.1) is 6.54 Å². The standard InChI is InChI=1S/C12H22N4O/c1-3-4-5-11-14-12(17-15-11)9-16-7-6-13-8-10(16)2/h10,13H,3-9H2,1-2H3. The van der Waals surface area contributed by atoms with Crippen LogP contribution in [0, 0.1) is 0 Å². The first kappa shape index (κ1) is 12.5. The fourth-order valence-corrected chi connectivity index (χ4v) is 2.08. The molecule has 96 valence electrons. The molecule has 5 nitrogen and oxygen atoms in total. The van der Waals surface area contributed by atoms with Crippen LogP contribution in [0.3, 0.4) is 0 Å². The molecule has 1 saturated heterocycles. The van der Waals surface area contributed by atoms with E-state index in [0.29, 0.717) is 6.04 Å². The molecule has 2 heterocycles. The quantitative estimate of drug-likeness (QED) is 0.835. The SMILES string of the molecule is CCCCc1noc(CN2CCNCC2C)n1. The number of unbranched alkanes of at least 4 members (excludes halogenated alkanes) is 1. The Bertz CT molecular complexity index is 339. The van der Waals surface area contributed by atoms with Crippen LogP contribution >= 0.6 is 0 Å². The molecule has 0 spiro atoms. The minimum Gasteiger partial charge on any atom is -0.338 e. The van der Waals surface area contributed by atoms with Gasteiger partial charge in [-0.25, -0.2) is 0 Å². The maximum Gasteiger partial charge on any atom is 0.240 e. The molecule has 1 aliphatic rings. The molecule has 1 fully saturated rings. The van der Waals surface area contributed by atoms with Crippen molar-refractivity contribution in [3.63, 3.8) is 0 Å². The van der Waals surface area contributed by atoms with E-state index < -0.39 is 0 Å². The minimum atomic E-state index is 0.537. The van der Waals surface area contributed by atoms with Crippen molar-refractivity contribution in [2.45, 2.75) is 45.7 Å². The maximum atomic E-state index is 5.29. The predicted molar refractivity (Wildman–Crippen MR) is 65.7 cm³/mol. The van der Waals surface area contributed by atoms with Gasteiger partial charge in [-0.3, -0.25) is 4.90 Å². The molecule has 1 unspecified atom stereocenters. The van der Waals surface area contributed by atoms with Crippen molar-refractivity contribution < 1.29 is 4.52 Å². The number of hydrogen-bond acceptors (Lipinski definition) is 5. The molecule has 5 heteroatoms. The van der Waals surface area contributed by atoms with Gasteiger partial charge >= 0.3 is 0 Å². The Labute approximate surface area is 103 Å². The molecule has 0 radical (unpaired) electrons. The summed E-state index contributed by atoms with van der Waals surface area (Å²) in [5, 5.41) is 7.39. The van der Waals surface area contributed by atoms with Gasteiger partial charge in [0.2, 0.25) is 5.89 Å². The van der Waals surface area contributed by atoms with E-state index in [-0.39, 0.29) is 0 Å². The van der Waals surface area contributed by atoms with Crippen molar-refractivity contribution in [1.29, 1.82) is 0 Å². The summed E-state index contributed by atoms with van der Waals surface area (Å²) in [6.45, 7) is 8.30. The fraction of sp³-hybridized carbons (Fsp3) is 0.833. The Morgan fingerprint density at radius 2 is 2.41 bits per heavy atom. The average molecular weight is 238 g/mol. The number of nitrogens with one attached hydrogen (secondary N) is 1.